The van der Waals surface area contributed by atoms with E-state index in [-0.39, 0.29) is 23.2 Å². The van der Waals surface area contributed by atoms with E-state index in [1.54, 1.807) is 0 Å². The number of nitrogens with two attached hydrogens (primary N) is 2. The molecule has 2 aromatic heterocycles. The van der Waals surface area contributed by atoms with Crippen molar-refractivity contribution >= 4 is 21.8 Å². The lowest BCUT2D eigenvalue weighted by Crippen LogP contribution is -2.12. The zero-order valence-electron chi connectivity index (χ0n) is 22.5. The summed E-state index contributed by atoms with van der Waals surface area (Å²) in [5, 5.41) is 2.01. The third-order valence-electron chi connectivity index (χ3n) is 7.14. The number of pyridine rings is 2. The van der Waals surface area contributed by atoms with Crippen LogP contribution in [0.25, 0.3) is 21.8 Å². The third-order valence-corrected chi connectivity index (χ3v) is 7.14. The molecule has 0 saturated carbocycles. The van der Waals surface area contributed by atoms with Crippen LogP contribution in [0.1, 0.15) is 45.5 Å². The topological polar surface area (TPSA) is 118 Å². The van der Waals surface area contributed by atoms with Gasteiger partial charge in [0.25, 0.3) is 11.1 Å². The summed E-state index contributed by atoms with van der Waals surface area (Å²) in [6, 6.07) is 35.3. The van der Waals surface area contributed by atoms with Gasteiger partial charge in [-0.15, -0.1) is 0 Å². The molecule has 2 heterocycles. The third kappa shape index (κ3) is 5.78. The molecule has 0 amide bonds. The molecule has 6 aromatic rings. The van der Waals surface area contributed by atoms with Crippen LogP contribution < -0.4 is 22.6 Å². The second kappa shape index (κ2) is 11.5. The van der Waals surface area contributed by atoms with Crippen molar-refractivity contribution in [1.82, 2.24) is 9.97 Å². The molecular weight excluding hydrogens is 496 g/mol. The Morgan fingerprint density at radius 1 is 0.500 bits per heavy atom. The van der Waals surface area contributed by atoms with Crippen LogP contribution >= 0.6 is 0 Å². The van der Waals surface area contributed by atoms with Gasteiger partial charge in [-0.2, -0.15) is 0 Å². The van der Waals surface area contributed by atoms with Gasteiger partial charge in [0.15, 0.2) is 0 Å². The Morgan fingerprint density at radius 2 is 0.875 bits per heavy atom. The van der Waals surface area contributed by atoms with Crippen molar-refractivity contribution in [2.45, 2.75) is 25.9 Å². The fourth-order valence-electron chi connectivity index (χ4n) is 4.76. The molecule has 0 aliphatic heterocycles. The minimum absolute atomic E-state index is 0.0439. The minimum atomic E-state index is -0.159. The van der Waals surface area contributed by atoms with Gasteiger partial charge < -0.3 is 21.4 Å². The summed E-state index contributed by atoms with van der Waals surface area (Å²) in [7, 11) is 0. The van der Waals surface area contributed by atoms with Gasteiger partial charge >= 0.3 is 0 Å². The van der Waals surface area contributed by atoms with E-state index < -0.39 is 0 Å². The number of aryl methyl sites for hydroxylation is 2. The highest BCUT2D eigenvalue weighted by molar-refractivity contribution is 5.80. The number of fused-ring (bicyclic) bond motifs is 2. The average molecular weight is 529 g/mol. The number of rotatable bonds is 4. The van der Waals surface area contributed by atoms with E-state index in [4.69, 9.17) is 11.5 Å². The van der Waals surface area contributed by atoms with Crippen molar-refractivity contribution in [3.8, 4) is 0 Å². The highest BCUT2D eigenvalue weighted by Crippen LogP contribution is 2.24. The fraction of sp³-hybridized carbons (Fsp3) is 0.118. The molecule has 6 nitrogen and oxygen atoms in total. The number of benzene rings is 4. The first-order valence-electron chi connectivity index (χ1n) is 13.2. The molecule has 4 aromatic carbocycles. The molecule has 0 saturated heterocycles. The van der Waals surface area contributed by atoms with E-state index in [0.717, 1.165) is 44.1 Å². The molecule has 6 rings (SSSR count). The van der Waals surface area contributed by atoms with Crippen molar-refractivity contribution in [3.63, 3.8) is 0 Å². The lowest BCUT2D eigenvalue weighted by atomic mass is 9.98. The summed E-state index contributed by atoms with van der Waals surface area (Å²) >= 11 is 0. The monoisotopic (exact) mass is 528 g/mol. The highest BCUT2D eigenvalue weighted by atomic mass is 16.1. The van der Waals surface area contributed by atoms with Crippen LogP contribution in [-0.2, 0) is 0 Å². The van der Waals surface area contributed by atoms with Gasteiger partial charge in [0.05, 0.1) is 12.1 Å². The first-order chi connectivity index (χ1) is 19.3. The summed E-state index contributed by atoms with van der Waals surface area (Å²) in [5.41, 5.74) is 19.8. The first-order valence-corrected chi connectivity index (χ1v) is 13.2. The van der Waals surface area contributed by atoms with Crippen LogP contribution in [0.5, 0.6) is 0 Å². The summed E-state index contributed by atoms with van der Waals surface area (Å²) < 4.78 is 0. The normalized spacial score (nSPS) is 12.5. The quantitative estimate of drug-likeness (QED) is 0.232. The SMILES string of the molecule is Cc1cc2cc(C(N)c3ccccc3)ccc2[nH]c1=O.Cc1cc2cc(C(N)c3ccccc3)ccc2[nH]c1=O. The Bertz CT molecular complexity index is 1750. The summed E-state index contributed by atoms with van der Waals surface area (Å²) in [6.45, 7) is 3.62. The average Bonchev–Trinajstić information content (AvgIpc) is 2.98. The van der Waals surface area contributed by atoms with E-state index in [2.05, 4.69) is 9.97 Å². The molecule has 6 heteroatoms. The van der Waals surface area contributed by atoms with Crippen molar-refractivity contribution in [3.05, 3.63) is 163 Å². The maximum atomic E-state index is 11.6. The summed E-state index contributed by atoms with van der Waals surface area (Å²) in [6.07, 6.45) is 0. The summed E-state index contributed by atoms with van der Waals surface area (Å²) in [5.74, 6) is 0. The van der Waals surface area contributed by atoms with Gasteiger partial charge in [-0.3, -0.25) is 9.59 Å². The first kappa shape index (κ1) is 26.8. The minimum Gasteiger partial charge on any atom is -0.322 e. The smallest absolute Gasteiger partial charge is 0.251 e. The van der Waals surface area contributed by atoms with Gasteiger partial charge in [0.2, 0.25) is 0 Å². The molecule has 2 unspecified atom stereocenters. The summed E-state index contributed by atoms with van der Waals surface area (Å²) in [4.78, 5) is 28.9. The zero-order valence-corrected chi connectivity index (χ0v) is 22.5. The van der Waals surface area contributed by atoms with Crippen LogP contribution in [0, 0.1) is 13.8 Å². The number of nitrogens with one attached hydrogen (secondary N) is 2. The van der Waals surface area contributed by atoms with Crippen LogP contribution in [0.4, 0.5) is 0 Å². The number of aromatic nitrogens is 2. The predicted molar refractivity (Wildman–Crippen MR) is 164 cm³/mol. The zero-order chi connectivity index (χ0) is 28.2. The Labute approximate surface area is 232 Å². The van der Waals surface area contributed by atoms with E-state index in [1.165, 1.54) is 0 Å². The number of aromatic amines is 2. The predicted octanol–water partition coefficient (Wildman–Crippen LogP) is 5.77. The molecule has 6 N–H and O–H groups in total. The molecule has 0 aliphatic carbocycles. The van der Waals surface area contributed by atoms with Gasteiger partial charge in [0, 0.05) is 22.2 Å². The Kier molecular flexibility index (Phi) is 7.73. The van der Waals surface area contributed by atoms with Crippen LogP contribution in [0.15, 0.2) is 119 Å². The lowest BCUT2D eigenvalue weighted by Gasteiger charge is -2.13. The number of H-pyrrole nitrogens is 2. The lowest BCUT2D eigenvalue weighted by molar-refractivity contribution is 0.873. The molecule has 0 spiro atoms. The van der Waals surface area contributed by atoms with Crippen LogP contribution in [-0.4, -0.2) is 9.97 Å². The fourth-order valence-corrected chi connectivity index (χ4v) is 4.76. The standard InChI is InChI=1S/2C17H16N2O/c2*1-11-9-14-10-13(7-8-15(14)19-17(11)20)16(18)12-5-3-2-4-6-12/h2*2-10,16H,18H2,1H3,(H,19,20). The van der Waals surface area contributed by atoms with Gasteiger partial charge in [-0.25, -0.2) is 0 Å². The molecule has 0 radical (unpaired) electrons. The highest BCUT2D eigenvalue weighted by Gasteiger charge is 2.11. The van der Waals surface area contributed by atoms with E-state index in [0.29, 0.717) is 11.1 Å². The second-order valence-electron chi connectivity index (χ2n) is 10.0. The molecule has 0 fully saturated rings. The Balaban J connectivity index is 0.000000161. The van der Waals surface area contributed by atoms with E-state index in [9.17, 15) is 9.59 Å². The van der Waals surface area contributed by atoms with Crippen LogP contribution in [0.3, 0.4) is 0 Å². The molecule has 40 heavy (non-hydrogen) atoms. The van der Waals surface area contributed by atoms with Crippen molar-refractivity contribution < 1.29 is 0 Å². The largest absolute Gasteiger partial charge is 0.322 e. The van der Waals surface area contributed by atoms with Crippen molar-refractivity contribution in [1.29, 1.82) is 0 Å². The van der Waals surface area contributed by atoms with E-state index >= 15 is 0 Å². The van der Waals surface area contributed by atoms with Gasteiger partial charge in [-0.05, 0) is 83.3 Å². The van der Waals surface area contributed by atoms with Gasteiger partial charge in [-0.1, -0.05) is 72.8 Å². The Morgan fingerprint density at radius 3 is 1.25 bits per heavy atom. The van der Waals surface area contributed by atoms with Crippen molar-refractivity contribution in [2.24, 2.45) is 11.5 Å². The Hall–Kier alpha value is -4.78. The van der Waals surface area contributed by atoms with E-state index in [1.807, 2.05) is 123 Å². The molecule has 0 bridgehead atoms. The van der Waals surface area contributed by atoms with Crippen LogP contribution in [0.2, 0.25) is 0 Å². The molecule has 0 aliphatic rings. The molecular formula is C34H32N4O2. The maximum absolute atomic E-state index is 11.6. The molecule has 200 valence electrons. The van der Waals surface area contributed by atoms with Gasteiger partial charge in [0.1, 0.15) is 0 Å². The van der Waals surface area contributed by atoms with Crippen molar-refractivity contribution in [2.75, 3.05) is 0 Å². The second-order valence-corrected chi connectivity index (χ2v) is 10.0. The number of hydrogen-bond acceptors (Lipinski definition) is 4. The maximum Gasteiger partial charge on any atom is 0.251 e. The molecule has 2 atom stereocenters. The number of hydrogen-bond donors (Lipinski definition) is 4.